The summed E-state index contributed by atoms with van der Waals surface area (Å²) in [5, 5.41) is 0. The SMILES string of the molecule is C=CCN(C(=O)C1CCCCC1)C(C)C(=O)c1c(C)c(C(=O)OC)n(C)c1C. The summed E-state index contributed by atoms with van der Waals surface area (Å²) in [5.74, 6) is -0.629. The largest absolute Gasteiger partial charge is 0.464 e. The first-order chi connectivity index (χ1) is 13.3. The summed E-state index contributed by atoms with van der Waals surface area (Å²) in [6.45, 7) is 9.41. The van der Waals surface area contributed by atoms with Gasteiger partial charge in [0.25, 0.3) is 0 Å². The lowest BCUT2D eigenvalue weighted by atomic mass is 9.87. The Bertz CT molecular complexity index is 772. The molecule has 0 bridgehead atoms. The summed E-state index contributed by atoms with van der Waals surface area (Å²) in [6.07, 6.45) is 6.69. The molecule has 28 heavy (non-hydrogen) atoms. The van der Waals surface area contributed by atoms with Gasteiger partial charge in [0, 0.05) is 30.8 Å². The second kappa shape index (κ2) is 9.22. The number of aromatic nitrogens is 1. The molecule has 0 N–H and O–H groups in total. The second-order valence-corrected chi connectivity index (χ2v) is 7.64. The normalized spacial score (nSPS) is 15.8. The first kappa shape index (κ1) is 21.9. The van der Waals surface area contributed by atoms with E-state index in [-0.39, 0.29) is 17.6 Å². The number of ketones is 1. The van der Waals surface area contributed by atoms with Crippen LogP contribution in [0.5, 0.6) is 0 Å². The van der Waals surface area contributed by atoms with Crippen molar-refractivity contribution < 1.29 is 19.1 Å². The van der Waals surface area contributed by atoms with E-state index in [1.807, 2.05) is 0 Å². The van der Waals surface area contributed by atoms with E-state index in [1.54, 1.807) is 43.4 Å². The number of ether oxygens (including phenoxy) is 1. The Morgan fingerprint density at radius 2 is 1.86 bits per heavy atom. The molecule has 1 heterocycles. The van der Waals surface area contributed by atoms with Gasteiger partial charge < -0.3 is 14.2 Å². The first-order valence-corrected chi connectivity index (χ1v) is 9.95. The van der Waals surface area contributed by atoms with Crippen LogP contribution in [0.4, 0.5) is 0 Å². The number of carbonyl (C=O) groups excluding carboxylic acids is 3. The predicted octanol–water partition coefficient (Wildman–Crippen LogP) is 3.59. The molecule has 6 heteroatoms. The summed E-state index contributed by atoms with van der Waals surface area (Å²) in [7, 11) is 3.06. The molecule has 1 unspecified atom stereocenters. The van der Waals surface area contributed by atoms with Crippen LogP contribution in [0.25, 0.3) is 0 Å². The molecule has 1 saturated carbocycles. The molecular weight excluding hydrogens is 356 g/mol. The van der Waals surface area contributed by atoms with E-state index in [1.165, 1.54) is 13.5 Å². The van der Waals surface area contributed by atoms with E-state index in [2.05, 4.69) is 6.58 Å². The van der Waals surface area contributed by atoms with E-state index in [0.29, 0.717) is 29.1 Å². The molecule has 1 aliphatic rings. The highest BCUT2D eigenvalue weighted by Crippen LogP contribution is 2.28. The van der Waals surface area contributed by atoms with Gasteiger partial charge in [0.1, 0.15) is 5.69 Å². The number of hydrogen-bond donors (Lipinski definition) is 0. The molecule has 0 spiro atoms. The van der Waals surface area contributed by atoms with E-state index in [9.17, 15) is 14.4 Å². The Kier molecular flexibility index (Phi) is 7.22. The van der Waals surface area contributed by atoms with Gasteiger partial charge in [-0.3, -0.25) is 9.59 Å². The molecule has 1 aromatic heterocycles. The summed E-state index contributed by atoms with van der Waals surface area (Å²) in [5.41, 5.74) is 2.14. The lowest BCUT2D eigenvalue weighted by molar-refractivity contribution is -0.137. The zero-order chi connectivity index (χ0) is 21.0. The topological polar surface area (TPSA) is 68.6 Å². The molecule has 6 nitrogen and oxygen atoms in total. The smallest absolute Gasteiger partial charge is 0.354 e. The van der Waals surface area contributed by atoms with Crippen LogP contribution in [0.2, 0.25) is 0 Å². The van der Waals surface area contributed by atoms with Crippen molar-refractivity contribution in [3.05, 3.63) is 35.2 Å². The van der Waals surface area contributed by atoms with Crippen molar-refractivity contribution in [3.8, 4) is 0 Å². The Balaban J connectivity index is 2.36. The monoisotopic (exact) mass is 388 g/mol. The van der Waals surface area contributed by atoms with Crippen molar-refractivity contribution in [2.75, 3.05) is 13.7 Å². The van der Waals surface area contributed by atoms with Crippen LogP contribution < -0.4 is 0 Å². The fraction of sp³-hybridized carbons (Fsp3) is 0.591. The Morgan fingerprint density at radius 1 is 1.25 bits per heavy atom. The fourth-order valence-corrected chi connectivity index (χ4v) is 4.24. The number of amides is 1. The van der Waals surface area contributed by atoms with Crippen molar-refractivity contribution in [1.29, 1.82) is 0 Å². The molecule has 0 radical (unpaired) electrons. The first-order valence-electron chi connectivity index (χ1n) is 9.95. The van der Waals surface area contributed by atoms with Gasteiger partial charge in [0.15, 0.2) is 5.78 Å². The minimum Gasteiger partial charge on any atom is -0.464 e. The number of hydrogen-bond acceptors (Lipinski definition) is 4. The van der Waals surface area contributed by atoms with Crippen molar-refractivity contribution in [1.82, 2.24) is 9.47 Å². The standard InChI is InChI=1S/C22H32N2O4/c1-7-13-24(21(26)17-11-9-8-10-12-17)16(4)20(25)18-14(2)19(22(27)28-6)23(5)15(18)3/h7,16-17H,1,8-13H2,2-6H3. The molecular formula is C22H32N2O4. The molecule has 0 saturated heterocycles. The number of rotatable bonds is 7. The molecule has 2 rings (SSSR count). The molecule has 0 aromatic carbocycles. The fourth-order valence-electron chi connectivity index (χ4n) is 4.24. The van der Waals surface area contributed by atoms with Crippen LogP contribution in [-0.2, 0) is 16.6 Å². The average molecular weight is 389 g/mol. The summed E-state index contributed by atoms with van der Waals surface area (Å²) in [4.78, 5) is 40.2. The number of nitrogens with zero attached hydrogens (tertiary/aromatic N) is 2. The van der Waals surface area contributed by atoms with Crippen LogP contribution in [0.15, 0.2) is 12.7 Å². The highest BCUT2D eigenvalue weighted by atomic mass is 16.5. The number of Topliss-reactive ketones (excluding diaryl/α,β-unsaturated/α-hetero) is 1. The van der Waals surface area contributed by atoms with E-state index in [4.69, 9.17) is 4.74 Å². The minimum atomic E-state index is -0.627. The van der Waals surface area contributed by atoms with E-state index >= 15 is 0 Å². The van der Waals surface area contributed by atoms with Crippen LogP contribution in [0.3, 0.4) is 0 Å². The lowest BCUT2D eigenvalue weighted by Crippen LogP contribution is -2.46. The molecule has 1 atom stereocenters. The maximum atomic E-state index is 13.4. The summed E-state index contributed by atoms with van der Waals surface area (Å²) < 4.78 is 6.54. The third kappa shape index (κ3) is 4.05. The van der Waals surface area contributed by atoms with Gasteiger partial charge in [0.05, 0.1) is 13.2 Å². The molecule has 1 amide bonds. The minimum absolute atomic E-state index is 0.0208. The van der Waals surface area contributed by atoms with Crippen LogP contribution in [-0.4, -0.2) is 46.8 Å². The van der Waals surface area contributed by atoms with Crippen molar-refractivity contribution >= 4 is 17.7 Å². The van der Waals surface area contributed by atoms with Gasteiger partial charge in [0.2, 0.25) is 5.91 Å². The molecule has 1 aromatic rings. The van der Waals surface area contributed by atoms with Gasteiger partial charge >= 0.3 is 5.97 Å². The van der Waals surface area contributed by atoms with Gasteiger partial charge in [-0.25, -0.2) is 4.79 Å². The van der Waals surface area contributed by atoms with Crippen molar-refractivity contribution in [3.63, 3.8) is 0 Å². The van der Waals surface area contributed by atoms with E-state index in [0.717, 1.165) is 25.7 Å². The number of carbonyl (C=O) groups is 3. The van der Waals surface area contributed by atoms with Crippen LogP contribution in [0, 0.1) is 19.8 Å². The maximum absolute atomic E-state index is 13.4. The molecule has 154 valence electrons. The third-order valence-corrected chi connectivity index (χ3v) is 5.97. The van der Waals surface area contributed by atoms with Crippen molar-refractivity contribution in [2.45, 2.75) is 58.9 Å². The summed E-state index contributed by atoms with van der Waals surface area (Å²) >= 11 is 0. The van der Waals surface area contributed by atoms with Gasteiger partial charge in [-0.1, -0.05) is 25.3 Å². The zero-order valence-corrected chi connectivity index (χ0v) is 17.7. The molecule has 1 fully saturated rings. The zero-order valence-electron chi connectivity index (χ0n) is 17.7. The van der Waals surface area contributed by atoms with Crippen LogP contribution in [0.1, 0.15) is 71.1 Å². The Morgan fingerprint density at radius 3 is 2.39 bits per heavy atom. The highest BCUT2D eigenvalue weighted by Gasteiger charge is 2.34. The van der Waals surface area contributed by atoms with Gasteiger partial charge in [-0.15, -0.1) is 6.58 Å². The van der Waals surface area contributed by atoms with Gasteiger partial charge in [-0.2, -0.15) is 0 Å². The lowest BCUT2D eigenvalue weighted by Gasteiger charge is -2.32. The van der Waals surface area contributed by atoms with Crippen LogP contribution >= 0.6 is 0 Å². The third-order valence-electron chi connectivity index (χ3n) is 5.97. The predicted molar refractivity (Wildman–Crippen MR) is 109 cm³/mol. The quantitative estimate of drug-likeness (QED) is 0.407. The molecule has 1 aliphatic carbocycles. The van der Waals surface area contributed by atoms with E-state index < -0.39 is 12.0 Å². The number of methoxy groups -OCH3 is 1. The van der Waals surface area contributed by atoms with Crippen molar-refractivity contribution in [2.24, 2.45) is 13.0 Å². The summed E-state index contributed by atoms with van der Waals surface area (Å²) in [6, 6.07) is -0.627. The Labute approximate surface area is 167 Å². The maximum Gasteiger partial charge on any atom is 0.354 e. The average Bonchev–Trinajstić information content (AvgIpc) is 2.93. The highest BCUT2D eigenvalue weighted by molar-refractivity contribution is 6.06. The second-order valence-electron chi connectivity index (χ2n) is 7.64. The van der Waals surface area contributed by atoms with Gasteiger partial charge in [-0.05, 0) is 39.2 Å². The Hall–Kier alpha value is -2.37. The molecule has 0 aliphatic heterocycles. The number of esters is 1.